The smallest absolute Gasteiger partial charge is 0.330 e. The second-order valence-corrected chi connectivity index (χ2v) is 5.35. The Balaban J connectivity index is 0.000000464. The molecule has 0 saturated carbocycles. The van der Waals surface area contributed by atoms with E-state index in [2.05, 4.69) is 4.74 Å². The van der Waals surface area contributed by atoms with Crippen LogP contribution in [0.4, 0.5) is 0 Å². The quantitative estimate of drug-likeness (QED) is 0.626. The van der Waals surface area contributed by atoms with Crippen molar-refractivity contribution in [3.63, 3.8) is 0 Å². The number of carbonyl (C=O) groups excluding carboxylic acids is 1. The summed E-state index contributed by atoms with van der Waals surface area (Å²) >= 11 is 0. The Bertz CT molecular complexity index is 739. The van der Waals surface area contributed by atoms with E-state index in [9.17, 15) is 9.59 Å². The van der Waals surface area contributed by atoms with Gasteiger partial charge in [-0.15, -0.1) is 0 Å². The fourth-order valence-corrected chi connectivity index (χ4v) is 1.75. The third-order valence-electron chi connectivity index (χ3n) is 3.19. The van der Waals surface area contributed by atoms with Gasteiger partial charge < -0.3 is 9.84 Å². The summed E-state index contributed by atoms with van der Waals surface area (Å²) in [6.45, 7) is 4.01. The van der Waals surface area contributed by atoms with Gasteiger partial charge in [-0.3, -0.25) is 0 Å². The van der Waals surface area contributed by atoms with Crippen molar-refractivity contribution in [2.45, 2.75) is 21.3 Å². The van der Waals surface area contributed by atoms with Crippen LogP contribution >= 0.6 is 0 Å². The van der Waals surface area contributed by atoms with Crippen LogP contribution < -0.4 is 0 Å². The third-order valence-corrected chi connectivity index (χ3v) is 3.19. The highest BCUT2D eigenvalue weighted by atomic mass is 16.5. The molecule has 0 radical (unpaired) electrons. The molecule has 0 spiro atoms. The van der Waals surface area contributed by atoms with Gasteiger partial charge >= 0.3 is 11.9 Å². The summed E-state index contributed by atoms with van der Waals surface area (Å²) in [5.41, 5.74) is 4.27. The fourth-order valence-electron chi connectivity index (χ4n) is 1.75. The fraction of sp³-hybridized carbons (Fsp3) is 0.182. The Morgan fingerprint density at radius 2 is 1.19 bits per heavy atom. The summed E-state index contributed by atoms with van der Waals surface area (Å²) in [6.07, 6.45) is 5.84. The predicted octanol–water partition coefficient (Wildman–Crippen LogP) is 4.91. The number of aryl methyl sites for hydroxylation is 2. The molecule has 0 amide bonds. The Kier molecular flexibility index (Phi) is 10.8. The van der Waals surface area contributed by atoms with Crippen molar-refractivity contribution in [2.24, 2.45) is 0 Å². The van der Waals surface area contributed by atoms with Crippen LogP contribution in [0.15, 0.2) is 60.7 Å². The van der Waals surface area contributed by atoms with Crippen LogP contribution in [-0.2, 0) is 14.3 Å². The van der Waals surface area contributed by atoms with Crippen LogP contribution in [0.25, 0.3) is 12.2 Å². The van der Waals surface area contributed by atoms with Crippen molar-refractivity contribution in [1.29, 1.82) is 0 Å². The lowest BCUT2D eigenvalue weighted by atomic mass is 10.1. The number of rotatable bonds is 4. The number of carboxylic acid groups (broad SMARTS) is 1. The highest BCUT2D eigenvalue weighted by Gasteiger charge is 1.91. The van der Waals surface area contributed by atoms with Crippen molar-refractivity contribution in [2.75, 3.05) is 7.11 Å². The standard InChI is InChI=1S/C11H12O2.C10H10O2.CH4/c1-9-3-5-10(6-4-9)7-8-11(12)13-2;1-8-2-4-9(5-3-8)6-7-10(11)12;/h3-8H,1-2H3;2-7H,1H3,(H,11,12);1H4/b8-7+;7-6+;. The van der Waals surface area contributed by atoms with Crippen LogP contribution in [0, 0.1) is 13.8 Å². The van der Waals surface area contributed by atoms with Gasteiger partial charge in [-0.2, -0.15) is 0 Å². The number of hydrogen-bond acceptors (Lipinski definition) is 3. The van der Waals surface area contributed by atoms with Gasteiger partial charge in [0.15, 0.2) is 0 Å². The van der Waals surface area contributed by atoms with E-state index in [1.807, 2.05) is 62.4 Å². The second kappa shape index (κ2) is 12.3. The van der Waals surface area contributed by atoms with E-state index in [1.165, 1.54) is 24.3 Å². The summed E-state index contributed by atoms with van der Waals surface area (Å²) in [4.78, 5) is 20.9. The van der Waals surface area contributed by atoms with Gasteiger partial charge in [0, 0.05) is 12.2 Å². The number of aliphatic carboxylic acids is 1. The van der Waals surface area contributed by atoms with Crippen molar-refractivity contribution in [3.05, 3.63) is 82.9 Å². The number of esters is 1. The summed E-state index contributed by atoms with van der Waals surface area (Å²) in [5.74, 6) is -1.25. The molecule has 4 heteroatoms. The molecule has 26 heavy (non-hydrogen) atoms. The first-order valence-corrected chi connectivity index (χ1v) is 7.71. The van der Waals surface area contributed by atoms with Gasteiger partial charge in [0.1, 0.15) is 0 Å². The van der Waals surface area contributed by atoms with Gasteiger partial charge in [-0.1, -0.05) is 67.1 Å². The van der Waals surface area contributed by atoms with Crippen LogP contribution in [0.1, 0.15) is 29.7 Å². The summed E-state index contributed by atoms with van der Waals surface area (Å²) in [7, 11) is 1.36. The number of carboxylic acids is 1. The maximum Gasteiger partial charge on any atom is 0.330 e. The monoisotopic (exact) mass is 354 g/mol. The highest BCUT2D eigenvalue weighted by molar-refractivity contribution is 5.87. The van der Waals surface area contributed by atoms with Gasteiger partial charge in [0.25, 0.3) is 0 Å². The van der Waals surface area contributed by atoms with Crippen molar-refractivity contribution < 1.29 is 19.4 Å². The molecule has 4 nitrogen and oxygen atoms in total. The molecule has 0 bridgehead atoms. The van der Waals surface area contributed by atoms with Crippen molar-refractivity contribution >= 4 is 24.1 Å². The Morgan fingerprint density at radius 1 is 0.808 bits per heavy atom. The first kappa shape index (κ1) is 22.9. The average Bonchev–Trinajstić information content (AvgIpc) is 2.61. The lowest BCUT2D eigenvalue weighted by molar-refractivity contribution is -0.135. The summed E-state index contributed by atoms with van der Waals surface area (Å²) < 4.78 is 4.47. The minimum Gasteiger partial charge on any atom is -0.478 e. The van der Waals surface area contributed by atoms with E-state index in [0.29, 0.717) is 0 Å². The third kappa shape index (κ3) is 9.88. The molecule has 0 atom stereocenters. The molecule has 138 valence electrons. The summed E-state index contributed by atoms with van der Waals surface area (Å²) in [5, 5.41) is 8.34. The van der Waals surface area contributed by atoms with Crippen LogP contribution in [-0.4, -0.2) is 24.2 Å². The lowest BCUT2D eigenvalue weighted by Crippen LogP contribution is -1.93. The molecule has 0 aliphatic carbocycles. The second-order valence-electron chi connectivity index (χ2n) is 5.35. The van der Waals surface area contributed by atoms with E-state index in [0.717, 1.165) is 17.2 Å². The zero-order chi connectivity index (χ0) is 18.7. The van der Waals surface area contributed by atoms with Gasteiger partial charge in [0.05, 0.1) is 7.11 Å². The van der Waals surface area contributed by atoms with Crippen molar-refractivity contribution in [3.8, 4) is 0 Å². The molecule has 0 saturated heterocycles. The molecule has 0 unspecified atom stereocenters. The molecule has 1 N–H and O–H groups in total. The number of methoxy groups -OCH3 is 1. The zero-order valence-corrected chi connectivity index (χ0v) is 14.6. The minimum absolute atomic E-state index is 0. The van der Waals surface area contributed by atoms with E-state index >= 15 is 0 Å². The normalized spacial score (nSPS) is 9.96. The first-order valence-electron chi connectivity index (χ1n) is 7.71. The number of carbonyl (C=O) groups is 2. The SMILES string of the molecule is C.COC(=O)/C=C/c1ccc(C)cc1.Cc1ccc(/C=C/C(=O)O)cc1. The highest BCUT2D eigenvalue weighted by Crippen LogP contribution is 2.05. The maximum atomic E-state index is 10.7. The molecule has 0 aliphatic heterocycles. The van der Waals surface area contributed by atoms with Crippen LogP contribution in [0.5, 0.6) is 0 Å². The van der Waals surface area contributed by atoms with E-state index in [4.69, 9.17) is 5.11 Å². The first-order chi connectivity index (χ1) is 11.9. The molecular formula is C22H26O4. The molecule has 0 aliphatic rings. The molecule has 2 aromatic carbocycles. The van der Waals surface area contributed by atoms with E-state index in [-0.39, 0.29) is 13.4 Å². The molecule has 0 fully saturated rings. The van der Waals surface area contributed by atoms with Crippen LogP contribution in [0.3, 0.4) is 0 Å². The topological polar surface area (TPSA) is 63.6 Å². The Labute approximate surface area is 155 Å². The van der Waals surface area contributed by atoms with Gasteiger partial charge in [-0.25, -0.2) is 9.59 Å². The number of benzene rings is 2. The molecular weight excluding hydrogens is 328 g/mol. The largest absolute Gasteiger partial charge is 0.478 e. The van der Waals surface area contributed by atoms with Gasteiger partial charge in [-0.05, 0) is 37.1 Å². The molecule has 0 heterocycles. The molecule has 2 aromatic rings. The van der Waals surface area contributed by atoms with Gasteiger partial charge in [0.2, 0.25) is 0 Å². The lowest BCUT2D eigenvalue weighted by Gasteiger charge is -1.94. The number of ether oxygens (including phenoxy) is 1. The predicted molar refractivity (Wildman–Crippen MR) is 107 cm³/mol. The summed E-state index contributed by atoms with van der Waals surface area (Å²) in [6, 6.07) is 15.6. The van der Waals surface area contributed by atoms with Crippen LogP contribution in [0.2, 0.25) is 0 Å². The maximum absolute atomic E-state index is 10.7. The Hall–Kier alpha value is -3.14. The molecule has 2 rings (SSSR count). The van der Waals surface area contributed by atoms with E-state index in [1.54, 1.807) is 12.2 Å². The number of hydrogen-bond donors (Lipinski definition) is 1. The average molecular weight is 354 g/mol. The minimum atomic E-state index is -0.921. The zero-order valence-electron chi connectivity index (χ0n) is 14.6. The Morgan fingerprint density at radius 3 is 1.54 bits per heavy atom. The molecule has 0 aromatic heterocycles. The van der Waals surface area contributed by atoms with Crippen molar-refractivity contribution in [1.82, 2.24) is 0 Å². The van der Waals surface area contributed by atoms with E-state index < -0.39 is 5.97 Å².